The van der Waals surface area contributed by atoms with Gasteiger partial charge in [0.1, 0.15) is 5.75 Å². The summed E-state index contributed by atoms with van der Waals surface area (Å²) in [5.41, 5.74) is 4.76. The maximum Gasteiger partial charge on any atom is 0.238 e. The summed E-state index contributed by atoms with van der Waals surface area (Å²) < 4.78 is 0. The number of carbonyl (C=O) groups is 4. The number of allylic oxidation sites excluding steroid dienone is 2. The van der Waals surface area contributed by atoms with E-state index in [0.29, 0.717) is 23.4 Å². The van der Waals surface area contributed by atoms with Gasteiger partial charge in [-0.25, -0.2) is 0 Å². The number of aromatic hydroxyl groups is 1. The molecule has 0 aromatic heterocycles. The second kappa shape index (κ2) is 11.0. The fourth-order valence-electron chi connectivity index (χ4n) is 8.79. The molecular weight excluding hydrogens is 588 g/mol. The van der Waals surface area contributed by atoms with Crippen LogP contribution in [0.3, 0.4) is 0 Å². The van der Waals surface area contributed by atoms with Crippen molar-refractivity contribution >= 4 is 45.8 Å². The van der Waals surface area contributed by atoms with Gasteiger partial charge in [0.25, 0.3) is 0 Å². The summed E-state index contributed by atoms with van der Waals surface area (Å²) in [6, 6.07) is 26.3. The Morgan fingerprint density at radius 2 is 1.21 bits per heavy atom. The molecule has 47 heavy (non-hydrogen) atoms. The van der Waals surface area contributed by atoms with Crippen LogP contribution in [0.15, 0.2) is 96.6 Å². The average Bonchev–Trinajstić information content (AvgIpc) is 3.51. The van der Waals surface area contributed by atoms with E-state index in [1.807, 2.05) is 84.9 Å². The van der Waals surface area contributed by atoms with Gasteiger partial charge in [-0.3, -0.25) is 29.0 Å². The topological polar surface area (TPSA) is 95.0 Å². The largest absolute Gasteiger partial charge is 0.508 e. The van der Waals surface area contributed by atoms with E-state index in [-0.39, 0.29) is 35.8 Å². The predicted molar refractivity (Wildman–Crippen MR) is 180 cm³/mol. The second-order valence-corrected chi connectivity index (χ2v) is 13.3. The minimum atomic E-state index is -0.756. The van der Waals surface area contributed by atoms with Crippen LogP contribution in [0, 0.1) is 29.6 Å². The van der Waals surface area contributed by atoms with Gasteiger partial charge in [-0.2, -0.15) is 0 Å². The van der Waals surface area contributed by atoms with E-state index >= 15 is 0 Å². The zero-order valence-electron chi connectivity index (χ0n) is 26.4. The smallest absolute Gasteiger partial charge is 0.238 e. The highest BCUT2D eigenvalue weighted by Crippen LogP contribution is 2.60. The number of hydrogen-bond acceptors (Lipinski definition) is 5. The van der Waals surface area contributed by atoms with Crippen LogP contribution in [0.5, 0.6) is 5.75 Å². The van der Waals surface area contributed by atoms with Gasteiger partial charge in [-0.1, -0.05) is 80.1 Å². The summed E-state index contributed by atoms with van der Waals surface area (Å²) in [6.07, 6.45) is 4.35. The molecular formula is C40H36N2O5. The molecule has 1 saturated carbocycles. The van der Waals surface area contributed by atoms with Crippen molar-refractivity contribution in [1.82, 2.24) is 0 Å². The SMILES string of the molecule is CCc1ccc(N2C(=O)C3CC=C4C(CC5C(=O)N(c6ccc(CC)cc6)C(=O)C5C4c4c(O)ccc5ccccc45)C3C2=O)cc1. The zero-order valence-corrected chi connectivity index (χ0v) is 26.4. The average molecular weight is 625 g/mol. The van der Waals surface area contributed by atoms with E-state index in [2.05, 4.69) is 13.8 Å². The molecule has 4 aromatic rings. The number of anilines is 2. The molecule has 4 aromatic carbocycles. The third-order valence-corrected chi connectivity index (χ3v) is 11.1. The Kier molecular flexibility index (Phi) is 6.90. The van der Waals surface area contributed by atoms with Gasteiger partial charge in [0.2, 0.25) is 23.6 Å². The molecule has 1 N–H and O–H groups in total. The quantitative estimate of drug-likeness (QED) is 0.197. The monoisotopic (exact) mass is 624 g/mol. The molecule has 0 spiro atoms. The summed E-state index contributed by atoms with van der Waals surface area (Å²) in [5, 5.41) is 13.2. The Morgan fingerprint density at radius 3 is 1.83 bits per heavy atom. The van der Waals surface area contributed by atoms with Crippen molar-refractivity contribution in [3.05, 3.63) is 113 Å². The van der Waals surface area contributed by atoms with Crippen molar-refractivity contribution < 1.29 is 24.3 Å². The van der Waals surface area contributed by atoms with Crippen LogP contribution in [0.25, 0.3) is 10.8 Å². The molecule has 7 nitrogen and oxygen atoms in total. The lowest BCUT2D eigenvalue weighted by atomic mass is 9.56. The van der Waals surface area contributed by atoms with Gasteiger partial charge >= 0.3 is 0 Å². The maximum atomic E-state index is 14.5. The Bertz CT molecular complexity index is 2000. The van der Waals surface area contributed by atoms with Crippen molar-refractivity contribution in [3.8, 4) is 5.75 Å². The van der Waals surface area contributed by atoms with Crippen LogP contribution >= 0.6 is 0 Å². The third-order valence-electron chi connectivity index (χ3n) is 11.1. The van der Waals surface area contributed by atoms with Crippen LogP contribution in [0.1, 0.15) is 49.3 Å². The molecule has 0 radical (unpaired) electrons. The lowest BCUT2D eigenvalue weighted by molar-refractivity contribution is -0.126. The molecule has 7 heteroatoms. The van der Waals surface area contributed by atoms with Gasteiger partial charge in [0.05, 0.1) is 35.0 Å². The minimum absolute atomic E-state index is 0.0496. The van der Waals surface area contributed by atoms with Gasteiger partial charge in [-0.15, -0.1) is 0 Å². The number of imide groups is 2. The summed E-state index contributed by atoms with van der Waals surface area (Å²) >= 11 is 0. The van der Waals surface area contributed by atoms with Gasteiger partial charge in [0, 0.05) is 11.5 Å². The molecule has 6 unspecified atom stereocenters. The molecule has 8 rings (SSSR count). The molecule has 2 aliphatic heterocycles. The van der Waals surface area contributed by atoms with E-state index in [1.54, 1.807) is 6.07 Å². The first kappa shape index (κ1) is 29.4. The fourth-order valence-corrected chi connectivity index (χ4v) is 8.79. The number of benzene rings is 4. The maximum absolute atomic E-state index is 14.5. The van der Waals surface area contributed by atoms with E-state index in [4.69, 9.17) is 0 Å². The highest BCUT2D eigenvalue weighted by Gasteiger charge is 2.62. The third kappa shape index (κ3) is 4.32. The van der Waals surface area contributed by atoms with Crippen molar-refractivity contribution in [2.24, 2.45) is 29.6 Å². The number of hydrogen-bond donors (Lipinski definition) is 1. The molecule has 3 fully saturated rings. The molecule has 4 amide bonds. The van der Waals surface area contributed by atoms with Crippen LogP contribution in [-0.2, 0) is 32.0 Å². The summed E-state index contributed by atoms with van der Waals surface area (Å²) in [6.45, 7) is 4.11. The van der Waals surface area contributed by atoms with E-state index in [0.717, 1.165) is 40.3 Å². The van der Waals surface area contributed by atoms with Crippen LogP contribution in [0.4, 0.5) is 11.4 Å². The van der Waals surface area contributed by atoms with Gasteiger partial charge in [-0.05, 0) is 83.8 Å². The van der Waals surface area contributed by atoms with Crippen LogP contribution in [-0.4, -0.2) is 28.7 Å². The number of fused-ring (bicyclic) bond motifs is 5. The normalized spacial score (nSPS) is 26.8. The molecule has 2 saturated heterocycles. The molecule has 0 bridgehead atoms. The highest BCUT2D eigenvalue weighted by molar-refractivity contribution is 6.24. The molecule has 2 aliphatic carbocycles. The number of phenols is 1. The summed E-state index contributed by atoms with van der Waals surface area (Å²) in [4.78, 5) is 59.7. The Hall–Kier alpha value is -5.04. The number of aryl methyl sites for hydroxylation is 2. The lowest BCUT2D eigenvalue weighted by Gasteiger charge is -2.44. The van der Waals surface area contributed by atoms with E-state index in [9.17, 15) is 24.3 Å². The van der Waals surface area contributed by atoms with Crippen molar-refractivity contribution in [1.29, 1.82) is 0 Å². The van der Waals surface area contributed by atoms with Crippen molar-refractivity contribution in [3.63, 3.8) is 0 Å². The Morgan fingerprint density at radius 1 is 0.638 bits per heavy atom. The van der Waals surface area contributed by atoms with Crippen LogP contribution < -0.4 is 9.80 Å². The lowest BCUT2D eigenvalue weighted by Crippen LogP contribution is -2.43. The molecule has 4 aliphatic rings. The first-order valence-corrected chi connectivity index (χ1v) is 16.7. The first-order valence-electron chi connectivity index (χ1n) is 16.7. The van der Waals surface area contributed by atoms with Crippen molar-refractivity contribution in [2.75, 3.05) is 9.80 Å². The molecule has 236 valence electrons. The Balaban J connectivity index is 1.27. The summed E-state index contributed by atoms with van der Waals surface area (Å²) in [7, 11) is 0. The minimum Gasteiger partial charge on any atom is -0.508 e. The number of phenolic OH excluding ortho intramolecular Hbond substituents is 1. The zero-order chi connectivity index (χ0) is 32.6. The standard InChI is InChI=1S/C40H36N2O5/c1-3-22-9-14-25(15-10-22)41-37(44)29-19-18-28-30(33(29)39(41)46)21-31-36(35(28)34-27-8-6-5-7-24(27)13-20-32(34)43)40(47)42(38(31)45)26-16-11-23(4-2)12-17-26/h5-18,20,29-31,33,35-36,43H,3-4,19,21H2,1-2H3. The summed E-state index contributed by atoms with van der Waals surface area (Å²) in [5.74, 6) is -4.77. The molecule has 2 heterocycles. The first-order chi connectivity index (χ1) is 22.8. The fraction of sp³-hybridized carbons (Fsp3) is 0.300. The van der Waals surface area contributed by atoms with E-state index < -0.39 is 35.5 Å². The number of carbonyl (C=O) groups excluding carboxylic acids is 4. The number of rotatable bonds is 5. The van der Waals surface area contributed by atoms with Crippen molar-refractivity contribution in [2.45, 2.75) is 45.4 Å². The van der Waals surface area contributed by atoms with Crippen LogP contribution in [0.2, 0.25) is 0 Å². The number of nitrogens with zero attached hydrogens (tertiary/aromatic N) is 2. The predicted octanol–water partition coefficient (Wildman–Crippen LogP) is 6.72. The number of amides is 4. The second-order valence-electron chi connectivity index (χ2n) is 13.3. The van der Waals surface area contributed by atoms with Gasteiger partial charge < -0.3 is 5.11 Å². The van der Waals surface area contributed by atoms with Gasteiger partial charge in [0.15, 0.2) is 0 Å². The van der Waals surface area contributed by atoms with E-state index in [1.165, 1.54) is 9.80 Å². The highest BCUT2D eigenvalue weighted by atomic mass is 16.3. The Labute approximate surface area is 273 Å². The molecule has 6 atom stereocenters.